The molecular formula is C19H16ClN3O2. The van der Waals surface area contributed by atoms with Gasteiger partial charge in [-0.25, -0.2) is 4.79 Å². The Bertz CT molecular complexity index is 1010. The van der Waals surface area contributed by atoms with Crippen LogP contribution in [0.3, 0.4) is 0 Å². The third kappa shape index (κ3) is 3.49. The minimum Gasteiger partial charge on any atom is -0.442 e. The molecule has 0 aliphatic rings. The molecule has 2 aromatic carbocycles. The van der Waals surface area contributed by atoms with Crippen LogP contribution in [0.15, 0.2) is 42.6 Å². The fraction of sp³-hybridized carbons (Fsp3) is 0.211. The van der Waals surface area contributed by atoms with Crippen LogP contribution in [0.4, 0.5) is 4.79 Å². The van der Waals surface area contributed by atoms with Gasteiger partial charge in [0, 0.05) is 16.0 Å². The average molecular weight is 354 g/mol. The number of carbonyl (C=O) groups is 1. The SMILES string of the molecule is CC(C)(C)OC(=O)n1ncc2cc(-c3cc(C#N)ccc3Cl)ccc21. The Labute approximate surface area is 150 Å². The van der Waals surface area contributed by atoms with Crippen LogP contribution in [0, 0.1) is 11.3 Å². The van der Waals surface area contributed by atoms with Crippen molar-refractivity contribution >= 4 is 28.6 Å². The quantitative estimate of drug-likeness (QED) is 0.616. The topological polar surface area (TPSA) is 67.9 Å². The lowest BCUT2D eigenvalue weighted by Gasteiger charge is -2.19. The highest BCUT2D eigenvalue weighted by atomic mass is 35.5. The molecule has 1 aromatic heterocycles. The molecule has 1 heterocycles. The number of ether oxygens (including phenoxy) is 1. The van der Waals surface area contributed by atoms with Crippen molar-refractivity contribution in [1.29, 1.82) is 5.26 Å². The van der Waals surface area contributed by atoms with Crippen molar-refractivity contribution in [1.82, 2.24) is 9.78 Å². The molecule has 0 bridgehead atoms. The maximum Gasteiger partial charge on any atom is 0.435 e. The van der Waals surface area contributed by atoms with E-state index in [9.17, 15) is 4.79 Å². The summed E-state index contributed by atoms with van der Waals surface area (Å²) < 4.78 is 6.59. The van der Waals surface area contributed by atoms with Gasteiger partial charge in [0.15, 0.2) is 0 Å². The first kappa shape index (κ1) is 17.0. The zero-order chi connectivity index (χ0) is 18.2. The molecule has 25 heavy (non-hydrogen) atoms. The van der Waals surface area contributed by atoms with Gasteiger partial charge in [0.05, 0.1) is 23.3 Å². The standard InChI is InChI=1S/C19H16ClN3O2/c1-19(2,3)25-18(24)23-17-7-5-13(9-14(17)11-22-23)15-8-12(10-21)4-6-16(15)20/h4-9,11H,1-3H3. The second-order valence-corrected chi connectivity index (χ2v) is 7.02. The second-order valence-electron chi connectivity index (χ2n) is 6.62. The monoisotopic (exact) mass is 353 g/mol. The van der Waals surface area contributed by atoms with E-state index in [-0.39, 0.29) is 0 Å². The number of halogens is 1. The van der Waals surface area contributed by atoms with Gasteiger partial charge in [-0.1, -0.05) is 17.7 Å². The molecular weight excluding hydrogens is 338 g/mol. The molecule has 126 valence electrons. The van der Waals surface area contributed by atoms with Gasteiger partial charge in [-0.2, -0.15) is 15.0 Å². The van der Waals surface area contributed by atoms with Gasteiger partial charge in [-0.05, 0) is 56.7 Å². The number of rotatable bonds is 1. The summed E-state index contributed by atoms with van der Waals surface area (Å²) in [6.45, 7) is 5.41. The number of fused-ring (bicyclic) bond motifs is 1. The molecule has 0 amide bonds. The van der Waals surface area contributed by atoms with Crippen molar-refractivity contribution in [3.05, 3.63) is 53.2 Å². The normalized spacial score (nSPS) is 11.3. The second kappa shape index (κ2) is 6.23. The van der Waals surface area contributed by atoms with Crippen LogP contribution >= 0.6 is 11.6 Å². The smallest absolute Gasteiger partial charge is 0.435 e. The summed E-state index contributed by atoms with van der Waals surface area (Å²) in [4.78, 5) is 12.2. The number of benzene rings is 2. The van der Waals surface area contributed by atoms with Crippen molar-refractivity contribution in [2.24, 2.45) is 0 Å². The molecule has 6 heteroatoms. The lowest BCUT2D eigenvalue weighted by molar-refractivity contribution is 0.0523. The van der Waals surface area contributed by atoms with Crippen LogP contribution < -0.4 is 0 Å². The number of aromatic nitrogens is 2. The lowest BCUT2D eigenvalue weighted by atomic mass is 10.0. The molecule has 0 atom stereocenters. The Morgan fingerprint density at radius 3 is 2.68 bits per heavy atom. The van der Waals surface area contributed by atoms with Crippen LogP contribution in [0.25, 0.3) is 22.0 Å². The highest BCUT2D eigenvalue weighted by molar-refractivity contribution is 6.33. The molecule has 5 nitrogen and oxygen atoms in total. The van der Waals surface area contributed by atoms with Crippen LogP contribution in [0.1, 0.15) is 26.3 Å². The summed E-state index contributed by atoms with van der Waals surface area (Å²) in [5.41, 5.74) is 2.18. The van der Waals surface area contributed by atoms with Crippen molar-refractivity contribution in [2.75, 3.05) is 0 Å². The first-order chi connectivity index (χ1) is 11.8. The van der Waals surface area contributed by atoms with E-state index in [1.165, 1.54) is 4.68 Å². The molecule has 0 N–H and O–H groups in total. The maximum absolute atomic E-state index is 12.2. The molecule has 0 aliphatic carbocycles. The predicted octanol–water partition coefficient (Wildman–Crippen LogP) is 5.01. The summed E-state index contributed by atoms with van der Waals surface area (Å²) in [7, 11) is 0. The van der Waals surface area contributed by atoms with Crippen LogP contribution in [0.2, 0.25) is 5.02 Å². The molecule has 0 saturated carbocycles. The number of carbonyl (C=O) groups excluding carboxylic acids is 1. The molecule has 0 aliphatic heterocycles. The van der Waals surface area contributed by atoms with Crippen molar-refractivity contribution in [3.63, 3.8) is 0 Å². The molecule has 0 unspecified atom stereocenters. The van der Waals surface area contributed by atoms with Crippen LogP contribution in [-0.2, 0) is 4.74 Å². The van der Waals surface area contributed by atoms with E-state index in [4.69, 9.17) is 21.6 Å². The fourth-order valence-corrected chi connectivity index (χ4v) is 2.69. The molecule has 3 aromatic rings. The number of hydrogen-bond donors (Lipinski definition) is 0. The summed E-state index contributed by atoms with van der Waals surface area (Å²) in [5, 5.41) is 14.5. The minimum absolute atomic E-state index is 0.528. The Kier molecular flexibility index (Phi) is 4.23. The molecule has 0 radical (unpaired) electrons. The van der Waals surface area contributed by atoms with Crippen LogP contribution in [-0.4, -0.2) is 21.5 Å². The summed E-state index contributed by atoms with van der Waals surface area (Å²) in [6.07, 6.45) is 1.07. The zero-order valence-corrected chi connectivity index (χ0v) is 14.8. The van der Waals surface area contributed by atoms with Crippen LogP contribution in [0.5, 0.6) is 0 Å². The van der Waals surface area contributed by atoms with Gasteiger partial charge in [-0.15, -0.1) is 0 Å². The van der Waals surface area contributed by atoms with E-state index in [1.54, 1.807) is 51.2 Å². The lowest BCUT2D eigenvalue weighted by Crippen LogP contribution is -2.27. The molecule has 0 spiro atoms. The van der Waals surface area contributed by atoms with E-state index in [0.717, 1.165) is 16.5 Å². The average Bonchev–Trinajstić information content (AvgIpc) is 2.97. The Hall–Kier alpha value is -2.84. The first-order valence-corrected chi connectivity index (χ1v) is 8.07. The van der Waals surface area contributed by atoms with Gasteiger partial charge in [0.1, 0.15) is 5.60 Å². The van der Waals surface area contributed by atoms with E-state index in [0.29, 0.717) is 16.1 Å². The third-order valence-corrected chi connectivity index (χ3v) is 3.87. The zero-order valence-electron chi connectivity index (χ0n) is 14.1. The minimum atomic E-state index is -0.597. The Balaban J connectivity index is 2.03. The van der Waals surface area contributed by atoms with Crippen molar-refractivity contribution in [2.45, 2.75) is 26.4 Å². The van der Waals surface area contributed by atoms with Crippen molar-refractivity contribution in [3.8, 4) is 17.2 Å². The summed E-state index contributed by atoms with van der Waals surface area (Å²) in [5.74, 6) is 0. The molecule has 3 rings (SSSR count). The highest BCUT2D eigenvalue weighted by Crippen LogP contribution is 2.31. The van der Waals surface area contributed by atoms with Gasteiger partial charge >= 0.3 is 6.09 Å². The first-order valence-electron chi connectivity index (χ1n) is 7.70. The van der Waals surface area contributed by atoms with Crippen molar-refractivity contribution < 1.29 is 9.53 Å². The molecule has 0 fully saturated rings. The van der Waals surface area contributed by atoms with Gasteiger partial charge in [0.2, 0.25) is 0 Å². The highest BCUT2D eigenvalue weighted by Gasteiger charge is 2.20. The van der Waals surface area contributed by atoms with Gasteiger partial charge < -0.3 is 4.74 Å². The number of nitrogens with zero attached hydrogens (tertiary/aromatic N) is 3. The number of hydrogen-bond acceptors (Lipinski definition) is 4. The molecule has 0 saturated heterocycles. The van der Waals surface area contributed by atoms with Gasteiger partial charge in [0.25, 0.3) is 0 Å². The Morgan fingerprint density at radius 2 is 2.00 bits per heavy atom. The van der Waals surface area contributed by atoms with Gasteiger partial charge in [-0.3, -0.25) is 0 Å². The van der Waals surface area contributed by atoms with E-state index in [2.05, 4.69) is 11.2 Å². The van der Waals surface area contributed by atoms with E-state index >= 15 is 0 Å². The predicted molar refractivity (Wildman–Crippen MR) is 96.5 cm³/mol. The van der Waals surface area contributed by atoms with E-state index < -0.39 is 11.7 Å². The fourth-order valence-electron chi connectivity index (χ4n) is 2.47. The number of nitriles is 1. The summed E-state index contributed by atoms with van der Waals surface area (Å²) in [6, 6.07) is 12.7. The largest absolute Gasteiger partial charge is 0.442 e. The maximum atomic E-state index is 12.2. The summed E-state index contributed by atoms with van der Waals surface area (Å²) >= 11 is 6.26. The Morgan fingerprint density at radius 1 is 1.24 bits per heavy atom. The third-order valence-electron chi connectivity index (χ3n) is 3.54. The van der Waals surface area contributed by atoms with E-state index in [1.807, 2.05) is 12.1 Å².